The van der Waals surface area contributed by atoms with E-state index in [1.165, 1.54) is 6.07 Å². The lowest BCUT2D eigenvalue weighted by atomic mass is 9.99. The van der Waals surface area contributed by atoms with Gasteiger partial charge < -0.3 is 4.74 Å². The third-order valence-electron chi connectivity index (χ3n) is 4.43. The summed E-state index contributed by atoms with van der Waals surface area (Å²) in [7, 11) is 1.64. The predicted octanol–water partition coefficient (Wildman–Crippen LogP) is 3.13. The normalized spacial score (nSPS) is 19.2. The molecule has 1 N–H and O–H groups in total. The first-order chi connectivity index (χ1) is 11.2. The van der Waals surface area contributed by atoms with Gasteiger partial charge in [0.15, 0.2) is 11.6 Å². The minimum absolute atomic E-state index is 0.174. The standard InChI is InChI=1S/C17H23FN4O/c1-12-6-7-14(18)9-13(12)10-22-8-4-3-5-15(22)17-19-16(11-23-2)20-21-17/h6-7,9,15H,3-5,8,10-11H2,1-2H3,(H,19,20,21)/t15-/m1/s1. The molecule has 1 saturated heterocycles. The van der Waals surface area contributed by atoms with Crippen LogP contribution in [0.2, 0.25) is 0 Å². The zero-order valence-corrected chi connectivity index (χ0v) is 13.7. The molecule has 0 spiro atoms. The maximum absolute atomic E-state index is 13.5. The van der Waals surface area contributed by atoms with Crippen LogP contribution >= 0.6 is 0 Å². The number of nitrogens with one attached hydrogen (secondary N) is 1. The summed E-state index contributed by atoms with van der Waals surface area (Å²) in [6, 6.07) is 5.16. The largest absolute Gasteiger partial charge is 0.377 e. The molecular weight excluding hydrogens is 295 g/mol. The van der Waals surface area contributed by atoms with Crippen molar-refractivity contribution in [3.8, 4) is 0 Å². The number of rotatable bonds is 5. The van der Waals surface area contributed by atoms with Gasteiger partial charge in [0.25, 0.3) is 0 Å². The number of piperidine rings is 1. The van der Waals surface area contributed by atoms with Gasteiger partial charge in [-0.3, -0.25) is 10.00 Å². The van der Waals surface area contributed by atoms with Crippen molar-refractivity contribution in [2.45, 2.75) is 45.4 Å². The fourth-order valence-electron chi connectivity index (χ4n) is 3.16. The highest BCUT2D eigenvalue weighted by atomic mass is 19.1. The van der Waals surface area contributed by atoms with Crippen LogP contribution in [0.15, 0.2) is 18.2 Å². The molecule has 6 heteroatoms. The van der Waals surface area contributed by atoms with Gasteiger partial charge >= 0.3 is 0 Å². The molecule has 1 aromatic carbocycles. The highest BCUT2D eigenvalue weighted by molar-refractivity contribution is 5.26. The molecule has 2 heterocycles. The van der Waals surface area contributed by atoms with Crippen molar-refractivity contribution in [1.29, 1.82) is 0 Å². The lowest BCUT2D eigenvalue weighted by Crippen LogP contribution is -2.33. The summed E-state index contributed by atoms with van der Waals surface area (Å²) in [4.78, 5) is 6.90. The topological polar surface area (TPSA) is 54.0 Å². The van der Waals surface area contributed by atoms with Gasteiger partial charge in [-0.2, -0.15) is 5.10 Å². The third kappa shape index (κ3) is 3.76. The average molecular weight is 318 g/mol. The Morgan fingerprint density at radius 1 is 1.39 bits per heavy atom. The Kier molecular flexibility index (Phi) is 5.03. The Morgan fingerprint density at radius 3 is 3.09 bits per heavy atom. The number of hydrogen-bond acceptors (Lipinski definition) is 4. The second-order valence-electron chi connectivity index (χ2n) is 6.13. The number of aromatic amines is 1. The molecule has 1 aromatic heterocycles. The number of hydrogen-bond donors (Lipinski definition) is 1. The molecule has 0 saturated carbocycles. The summed E-state index contributed by atoms with van der Waals surface area (Å²) in [5, 5.41) is 7.29. The maximum Gasteiger partial charge on any atom is 0.167 e. The van der Waals surface area contributed by atoms with Crippen molar-refractivity contribution in [1.82, 2.24) is 20.1 Å². The van der Waals surface area contributed by atoms with Crippen LogP contribution in [0.25, 0.3) is 0 Å². The molecule has 1 atom stereocenters. The molecule has 5 nitrogen and oxygen atoms in total. The second-order valence-corrected chi connectivity index (χ2v) is 6.13. The lowest BCUT2D eigenvalue weighted by molar-refractivity contribution is 0.133. The number of benzene rings is 1. The van der Waals surface area contributed by atoms with E-state index in [9.17, 15) is 4.39 Å². The van der Waals surface area contributed by atoms with Gasteiger partial charge in [-0.25, -0.2) is 9.37 Å². The van der Waals surface area contributed by atoms with Gasteiger partial charge in [-0.05, 0) is 49.6 Å². The van der Waals surface area contributed by atoms with Gasteiger partial charge in [0.05, 0.1) is 6.04 Å². The average Bonchev–Trinajstić information content (AvgIpc) is 3.00. The molecule has 124 valence electrons. The molecule has 0 bridgehead atoms. The number of methoxy groups -OCH3 is 1. The first-order valence-electron chi connectivity index (χ1n) is 8.06. The number of likely N-dealkylation sites (tertiary alicyclic amines) is 1. The Balaban J connectivity index is 1.79. The molecular formula is C17H23FN4O. The van der Waals surface area contributed by atoms with Gasteiger partial charge in [0.2, 0.25) is 0 Å². The Labute approximate surface area is 135 Å². The van der Waals surface area contributed by atoms with Crippen molar-refractivity contribution in [2.75, 3.05) is 13.7 Å². The quantitative estimate of drug-likeness (QED) is 0.920. The summed E-state index contributed by atoms with van der Waals surface area (Å²) in [5.74, 6) is 1.38. The van der Waals surface area contributed by atoms with Crippen LogP contribution in [0.1, 0.15) is 48.1 Å². The minimum atomic E-state index is -0.181. The highest BCUT2D eigenvalue weighted by Crippen LogP contribution is 2.30. The number of halogens is 1. The van der Waals surface area contributed by atoms with E-state index >= 15 is 0 Å². The fourth-order valence-corrected chi connectivity index (χ4v) is 3.16. The van der Waals surface area contributed by atoms with E-state index in [1.807, 2.05) is 13.0 Å². The number of ether oxygens (including phenoxy) is 1. The molecule has 0 radical (unpaired) electrons. The lowest BCUT2D eigenvalue weighted by Gasteiger charge is -2.34. The zero-order chi connectivity index (χ0) is 16.2. The SMILES string of the molecule is COCc1nc([C@H]2CCCCN2Cc2cc(F)ccc2C)n[nH]1. The smallest absolute Gasteiger partial charge is 0.167 e. The van der Waals surface area contributed by atoms with Crippen LogP contribution in [0, 0.1) is 12.7 Å². The van der Waals surface area contributed by atoms with Crippen molar-refractivity contribution in [3.63, 3.8) is 0 Å². The van der Waals surface area contributed by atoms with E-state index < -0.39 is 0 Å². The van der Waals surface area contributed by atoms with E-state index in [0.29, 0.717) is 6.61 Å². The van der Waals surface area contributed by atoms with Crippen LogP contribution in [0.5, 0.6) is 0 Å². The number of aromatic nitrogens is 3. The summed E-state index contributed by atoms with van der Waals surface area (Å²) in [6.07, 6.45) is 3.34. The van der Waals surface area contributed by atoms with E-state index in [0.717, 1.165) is 55.1 Å². The number of aryl methyl sites for hydroxylation is 1. The van der Waals surface area contributed by atoms with Gasteiger partial charge in [-0.15, -0.1) is 0 Å². The Bertz CT molecular complexity index is 658. The molecule has 3 rings (SSSR count). The summed E-state index contributed by atoms with van der Waals surface area (Å²) < 4.78 is 18.6. The Hall–Kier alpha value is -1.79. The summed E-state index contributed by atoms with van der Waals surface area (Å²) >= 11 is 0. The van der Waals surface area contributed by atoms with Crippen LogP contribution < -0.4 is 0 Å². The number of H-pyrrole nitrogens is 1. The zero-order valence-electron chi connectivity index (χ0n) is 13.7. The molecule has 23 heavy (non-hydrogen) atoms. The van der Waals surface area contributed by atoms with E-state index in [-0.39, 0.29) is 11.9 Å². The van der Waals surface area contributed by atoms with E-state index in [2.05, 4.69) is 20.1 Å². The number of nitrogens with zero attached hydrogens (tertiary/aromatic N) is 3. The first-order valence-corrected chi connectivity index (χ1v) is 8.06. The van der Waals surface area contributed by atoms with Gasteiger partial charge in [-0.1, -0.05) is 12.5 Å². The minimum Gasteiger partial charge on any atom is -0.377 e. The molecule has 2 aromatic rings. The van der Waals surface area contributed by atoms with Crippen LogP contribution in [-0.4, -0.2) is 33.7 Å². The van der Waals surface area contributed by atoms with Crippen molar-refractivity contribution in [2.24, 2.45) is 0 Å². The maximum atomic E-state index is 13.5. The highest BCUT2D eigenvalue weighted by Gasteiger charge is 2.27. The molecule has 0 amide bonds. The van der Waals surface area contributed by atoms with Crippen LogP contribution in [0.3, 0.4) is 0 Å². The van der Waals surface area contributed by atoms with Gasteiger partial charge in [0, 0.05) is 13.7 Å². The van der Waals surface area contributed by atoms with Crippen molar-refractivity contribution < 1.29 is 9.13 Å². The third-order valence-corrected chi connectivity index (χ3v) is 4.43. The van der Waals surface area contributed by atoms with E-state index in [1.54, 1.807) is 13.2 Å². The summed E-state index contributed by atoms with van der Waals surface area (Å²) in [6.45, 7) is 4.16. The molecule has 0 aliphatic carbocycles. The van der Waals surface area contributed by atoms with E-state index in [4.69, 9.17) is 4.74 Å². The van der Waals surface area contributed by atoms with Crippen LogP contribution in [-0.2, 0) is 17.9 Å². The molecule has 1 aliphatic heterocycles. The predicted molar refractivity (Wildman–Crippen MR) is 85.2 cm³/mol. The Morgan fingerprint density at radius 2 is 2.26 bits per heavy atom. The molecule has 0 unspecified atom stereocenters. The monoisotopic (exact) mass is 318 g/mol. The molecule has 1 aliphatic rings. The second kappa shape index (κ2) is 7.19. The van der Waals surface area contributed by atoms with Crippen molar-refractivity contribution >= 4 is 0 Å². The molecule has 1 fully saturated rings. The van der Waals surface area contributed by atoms with Crippen LogP contribution in [0.4, 0.5) is 4.39 Å². The van der Waals surface area contributed by atoms with Crippen molar-refractivity contribution in [3.05, 3.63) is 46.8 Å². The summed E-state index contributed by atoms with van der Waals surface area (Å²) in [5.41, 5.74) is 2.15. The first kappa shape index (κ1) is 16.1. The fraction of sp³-hybridized carbons (Fsp3) is 0.529. The van der Waals surface area contributed by atoms with Gasteiger partial charge in [0.1, 0.15) is 12.4 Å².